The molecule has 0 aliphatic carbocycles. The van der Waals surface area contributed by atoms with Gasteiger partial charge >= 0.3 is 0 Å². The van der Waals surface area contributed by atoms with Gasteiger partial charge in [0.15, 0.2) is 0 Å². The molecule has 0 amide bonds. The molecule has 1 heterocycles. The van der Waals surface area contributed by atoms with Crippen molar-refractivity contribution < 1.29 is 4.74 Å². The number of aromatic nitrogens is 2. The van der Waals surface area contributed by atoms with Crippen molar-refractivity contribution in [1.29, 1.82) is 0 Å². The van der Waals surface area contributed by atoms with Crippen LogP contribution in [0.15, 0.2) is 24.3 Å². The van der Waals surface area contributed by atoms with Gasteiger partial charge in [-0.25, -0.2) is 0 Å². The molecule has 16 heavy (non-hydrogen) atoms. The highest BCUT2D eigenvalue weighted by Gasteiger charge is 2.06. The van der Waals surface area contributed by atoms with E-state index in [-0.39, 0.29) is 0 Å². The molecule has 1 aromatic heterocycles. The van der Waals surface area contributed by atoms with E-state index in [1.165, 1.54) is 0 Å². The zero-order valence-corrected chi connectivity index (χ0v) is 9.73. The van der Waals surface area contributed by atoms with Gasteiger partial charge in [-0.2, -0.15) is 5.10 Å². The summed E-state index contributed by atoms with van der Waals surface area (Å²) in [6.07, 6.45) is 2.17. The minimum Gasteiger partial charge on any atom is -0.476 e. The van der Waals surface area contributed by atoms with Crippen molar-refractivity contribution in [3.05, 3.63) is 30.0 Å². The Morgan fingerprint density at radius 1 is 1.12 bits per heavy atom. The fourth-order valence-corrected chi connectivity index (χ4v) is 1.63. The lowest BCUT2D eigenvalue weighted by atomic mass is 10.1. The summed E-state index contributed by atoms with van der Waals surface area (Å²) in [6.45, 7) is 4.81. The van der Waals surface area contributed by atoms with Crippen molar-refractivity contribution in [3.8, 4) is 5.88 Å². The van der Waals surface area contributed by atoms with E-state index in [1.54, 1.807) is 0 Å². The van der Waals surface area contributed by atoms with Gasteiger partial charge in [-0.15, -0.1) is 5.10 Å². The number of nitrogens with zero attached hydrogens (tertiary/aromatic N) is 2. The number of unbranched alkanes of at least 4 members (excludes halogenated alkanes) is 1. The average molecular weight is 216 g/mol. The van der Waals surface area contributed by atoms with Gasteiger partial charge in [-0.3, -0.25) is 0 Å². The highest BCUT2D eigenvalue weighted by molar-refractivity contribution is 5.88. The lowest BCUT2D eigenvalue weighted by Crippen LogP contribution is -2.01. The fraction of sp³-hybridized carbons (Fsp3) is 0.385. The van der Waals surface area contributed by atoms with E-state index < -0.39 is 0 Å². The SMILES string of the molecule is CCCCOc1nnc(C)c2ccccc12. The van der Waals surface area contributed by atoms with E-state index in [1.807, 2.05) is 31.2 Å². The summed E-state index contributed by atoms with van der Waals surface area (Å²) in [6, 6.07) is 8.08. The third kappa shape index (κ3) is 2.13. The predicted molar refractivity (Wildman–Crippen MR) is 64.7 cm³/mol. The van der Waals surface area contributed by atoms with Crippen LogP contribution in [0.4, 0.5) is 0 Å². The minimum absolute atomic E-state index is 0.648. The molecule has 0 atom stereocenters. The molecule has 0 aliphatic rings. The van der Waals surface area contributed by atoms with Crippen LogP contribution in [-0.2, 0) is 0 Å². The molecule has 0 saturated heterocycles. The van der Waals surface area contributed by atoms with Gasteiger partial charge in [0.2, 0.25) is 5.88 Å². The number of aryl methyl sites for hydroxylation is 1. The van der Waals surface area contributed by atoms with Crippen molar-refractivity contribution in [2.24, 2.45) is 0 Å². The van der Waals surface area contributed by atoms with Crippen LogP contribution in [0.5, 0.6) is 5.88 Å². The van der Waals surface area contributed by atoms with Crippen LogP contribution >= 0.6 is 0 Å². The molecule has 3 nitrogen and oxygen atoms in total. The number of fused-ring (bicyclic) bond motifs is 1. The van der Waals surface area contributed by atoms with Crippen LogP contribution in [0, 0.1) is 6.92 Å². The number of benzene rings is 1. The molecular formula is C13H16N2O. The molecule has 0 spiro atoms. The number of hydrogen-bond donors (Lipinski definition) is 0. The summed E-state index contributed by atoms with van der Waals surface area (Å²) >= 11 is 0. The van der Waals surface area contributed by atoms with Crippen molar-refractivity contribution in [2.45, 2.75) is 26.7 Å². The van der Waals surface area contributed by atoms with Gasteiger partial charge in [-0.1, -0.05) is 31.5 Å². The second-order valence-electron chi connectivity index (χ2n) is 3.84. The topological polar surface area (TPSA) is 35.0 Å². The highest BCUT2D eigenvalue weighted by atomic mass is 16.5. The van der Waals surface area contributed by atoms with Crippen molar-refractivity contribution >= 4 is 10.8 Å². The molecular weight excluding hydrogens is 200 g/mol. The average Bonchev–Trinajstić information content (AvgIpc) is 2.33. The molecule has 0 unspecified atom stereocenters. The van der Waals surface area contributed by atoms with Crippen LogP contribution < -0.4 is 4.74 Å². The van der Waals surface area contributed by atoms with Gasteiger partial charge in [0.1, 0.15) is 0 Å². The molecule has 84 valence electrons. The maximum atomic E-state index is 5.64. The maximum absolute atomic E-state index is 5.64. The predicted octanol–water partition coefficient (Wildman–Crippen LogP) is 3.12. The molecule has 0 radical (unpaired) electrons. The smallest absolute Gasteiger partial charge is 0.241 e. The summed E-state index contributed by atoms with van der Waals surface area (Å²) in [5, 5.41) is 10.4. The van der Waals surface area contributed by atoms with Crippen molar-refractivity contribution in [3.63, 3.8) is 0 Å². The fourth-order valence-electron chi connectivity index (χ4n) is 1.63. The van der Waals surface area contributed by atoms with Crippen molar-refractivity contribution in [2.75, 3.05) is 6.61 Å². The second kappa shape index (κ2) is 4.92. The van der Waals surface area contributed by atoms with E-state index in [0.29, 0.717) is 12.5 Å². The standard InChI is InChI=1S/C13H16N2O/c1-3-4-9-16-13-12-8-6-5-7-11(12)10(2)14-15-13/h5-8H,3-4,9H2,1-2H3. The van der Waals surface area contributed by atoms with Gasteiger partial charge in [-0.05, 0) is 19.4 Å². The largest absolute Gasteiger partial charge is 0.476 e. The zero-order chi connectivity index (χ0) is 11.4. The van der Waals surface area contributed by atoms with Crippen LogP contribution in [0.25, 0.3) is 10.8 Å². The van der Waals surface area contributed by atoms with E-state index in [2.05, 4.69) is 17.1 Å². The van der Waals surface area contributed by atoms with Gasteiger partial charge in [0, 0.05) is 10.8 Å². The lowest BCUT2D eigenvalue weighted by molar-refractivity contribution is 0.298. The molecule has 0 aliphatic heterocycles. The molecule has 3 heteroatoms. The quantitative estimate of drug-likeness (QED) is 0.736. The number of hydrogen-bond acceptors (Lipinski definition) is 3. The Hall–Kier alpha value is -1.64. The molecule has 0 fully saturated rings. The van der Waals surface area contributed by atoms with E-state index in [4.69, 9.17) is 4.74 Å². The Balaban J connectivity index is 2.35. The summed E-state index contributed by atoms with van der Waals surface area (Å²) in [7, 11) is 0. The number of ether oxygens (including phenoxy) is 1. The van der Waals surface area contributed by atoms with Crippen LogP contribution in [0.3, 0.4) is 0 Å². The lowest BCUT2D eigenvalue weighted by Gasteiger charge is -2.07. The minimum atomic E-state index is 0.648. The highest BCUT2D eigenvalue weighted by Crippen LogP contribution is 2.23. The number of rotatable bonds is 4. The summed E-state index contributed by atoms with van der Waals surface area (Å²) < 4.78 is 5.64. The zero-order valence-electron chi connectivity index (χ0n) is 9.73. The first-order chi connectivity index (χ1) is 7.83. The van der Waals surface area contributed by atoms with Gasteiger partial charge in [0.05, 0.1) is 12.3 Å². The first-order valence-corrected chi connectivity index (χ1v) is 5.67. The normalized spacial score (nSPS) is 10.6. The third-order valence-electron chi connectivity index (χ3n) is 2.57. The van der Waals surface area contributed by atoms with Gasteiger partial charge in [0.25, 0.3) is 0 Å². The van der Waals surface area contributed by atoms with E-state index in [0.717, 1.165) is 29.3 Å². The summed E-state index contributed by atoms with van der Waals surface area (Å²) in [5.41, 5.74) is 0.943. The summed E-state index contributed by atoms with van der Waals surface area (Å²) in [4.78, 5) is 0. The van der Waals surface area contributed by atoms with Gasteiger partial charge < -0.3 is 4.74 Å². The molecule has 2 rings (SSSR count). The first-order valence-electron chi connectivity index (χ1n) is 5.67. The third-order valence-corrected chi connectivity index (χ3v) is 2.57. The Kier molecular flexibility index (Phi) is 3.34. The Bertz CT molecular complexity index is 482. The van der Waals surface area contributed by atoms with E-state index >= 15 is 0 Å². The van der Waals surface area contributed by atoms with E-state index in [9.17, 15) is 0 Å². The maximum Gasteiger partial charge on any atom is 0.241 e. The molecule has 0 N–H and O–H groups in total. The van der Waals surface area contributed by atoms with Crippen LogP contribution in [0.2, 0.25) is 0 Å². The molecule has 2 aromatic rings. The Labute approximate surface area is 95.5 Å². The molecule has 0 bridgehead atoms. The monoisotopic (exact) mass is 216 g/mol. The molecule has 0 saturated carbocycles. The molecule has 1 aromatic carbocycles. The Morgan fingerprint density at radius 2 is 1.88 bits per heavy atom. The van der Waals surface area contributed by atoms with Crippen LogP contribution in [0.1, 0.15) is 25.5 Å². The summed E-state index contributed by atoms with van der Waals surface area (Å²) in [5.74, 6) is 0.648. The van der Waals surface area contributed by atoms with Crippen molar-refractivity contribution in [1.82, 2.24) is 10.2 Å². The van der Waals surface area contributed by atoms with Crippen LogP contribution in [-0.4, -0.2) is 16.8 Å². The second-order valence-corrected chi connectivity index (χ2v) is 3.84. The first kappa shape index (κ1) is 10.9. The Morgan fingerprint density at radius 3 is 2.62 bits per heavy atom.